The Morgan fingerprint density at radius 1 is 1.26 bits per heavy atom. The van der Waals surface area contributed by atoms with Crippen molar-refractivity contribution in [2.45, 2.75) is 77.1 Å². The van der Waals surface area contributed by atoms with E-state index in [4.69, 9.17) is 5.73 Å². The quantitative estimate of drug-likeness (QED) is 0.604. The van der Waals surface area contributed by atoms with Crippen molar-refractivity contribution in [3.05, 3.63) is 52.6 Å². The number of benzene rings is 1. The first kappa shape index (κ1) is 23.3. The summed E-state index contributed by atoms with van der Waals surface area (Å²) < 4.78 is 41.7. The molecular formula is C23H30F3N3O2. The van der Waals surface area contributed by atoms with Crippen LogP contribution in [-0.4, -0.2) is 20.6 Å². The molecule has 3 N–H and O–H groups in total. The summed E-state index contributed by atoms with van der Waals surface area (Å²) in [5.74, 6) is -0.112. The first-order valence-corrected chi connectivity index (χ1v) is 10.9. The number of nitrogens with zero attached hydrogens (tertiary/aromatic N) is 2. The molecule has 8 heteroatoms. The van der Waals surface area contributed by atoms with Crippen molar-refractivity contribution in [3.63, 3.8) is 0 Å². The van der Waals surface area contributed by atoms with Crippen LogP contribution in [0.1, 0.15) is 79.7 Å². The number of carbonyl (C=O) groups is 1. The van der Waals surface area contributed by atoms with Gasteiger partial charge in [-0.2, -0.15) is 13.2 Å². The number of halogens is 3. The Morgan fingerprint density at radius 2 is 1.90 bits per heavy atom. The van der Waals surface area contributed by atoms with Crippen LogP contribution in [-0.2, 0) is 30.5 Å². The van der Waals surface area contributed by atoms with Gasteiger partial charge in [0.15, 0.2) is 5.69 Å². The number of nitrogens with two attached hydrogens (primary N) is 1. The summed E-state index contributed by atoms with van der Waals surface area (Å²) in [6, 6.07) is 7.32. The van der Waals surface area contributed by atoms with Crippen LogP contribution >= 0.6 is 0 Å². The molecule has 0 bridgehead atoms. The second-order valence-electron chi connectivity index (χ2n) is 8.34. The van der Waals surface area contributed by atoms with Crippen molar-refractivity contribution >= 4 is 5.91 Å². The zero-order chi connectivity index (χ0) is 22.6. The highest BCUT2D eigenvalue weighted by atomic mass is 19.4. The van der Waals surface area contributed by atoms with Gasteiger partial charge < -0.3 is 15.4 Å². The van der Waals surface area contributed by atoms with E-state index in [1.165, 1.54) is 4.57 Å². The summed E-state index contributed by atoms with van der Waals surface area (Å²) in [7, 11) is 0. The normalized spacial score (nSPS) is 16.0. The number of primary amides is 1. The average molecular weight is 438 g/mol. The van der Waals surface area contributed by atoms with Crippen molar-refractivity contribution in [2.75, 3.05) is 0 Å². The molecule has 1 unspecified atom stereocenters. The van der Waals surface area contributed by atoms with Crippen LogP contribution < -0.4 is 5.73 Å². The third kappa shape index (κ3) is 5.29. The van der Waals surface area contributed by atoms with Gasteiger partial charge in [-0.25, -0.2) is 4.98 Å². The van der Waals surface area contributed by atoms with Crippen LogP contribution in [0.4, 0.5) is 13.2 Å². The lowest BCUT2D eigenvalue weighted by atomic mass is 9.84. The molecule has 31 heavy (non-hydrogen) atoms. The standard InChI is InChI=1S/C23H30F3N3O2/c1-2-3-8-19-28-21(23(24,25)26)18(14-30)29(19)13-15-9-11-17(12-10-15)20(22(27)31)16-6-4-5-7-16/h9-12,16,20,30H,2-8,13-14H2,1H3,(H2,27,31). The van der Waals surface area contributed by atoms with E-state index in [1.54, 1.807) is 0 Å². The van der Waals surface area contributed by atoms with Gasteiger partial charge in [-0.3, -0.25) is 4.79 Å². The number of hydrogen-bond acceptors (Lipinski definition) is 3. The molecule has 1 aromatic heterocycles. The summed E-state index contributed by atoms with van der Waals surface area (Å²) in [5.41, 5.74) is 6.05. The molecule has 1 heterocycles. The molecule has 1 atom stereocenters. The molecular weight excluding hydrogens is 407 g/mol. The maximum atomic E-state index is 13.4. The number of aryl methyl sites for hydroxylation is 1. The Hall–Kier alpha value is -2.35. The molecule has 170 valence electrons. The van der Waals surface area contributed by atoms with Crippen LogP contribution in [0.5, 0.6) is 0 Å². The molecule has 0 radical (unpaired) electrons. The Balaban J connectivity index is 1.89. The summed E-state index contributed by atoms with van der Waals surface area (Å²) in [6.07, 6.45) is 1.47. The Labute approximate surface area is 180 Å². The predicted octanol–water partition coefficient (Wildman–Crippen LogP) is 4.54. The maximum Gasteiger partial charge on any atom is 0.435 e. The average Bonchev–Trinajstić information content (AvgIpc) is 3.35. The zero-order valence-electron chi connectivity index (χ0n) is 17.8. The number of carbonyl (C=O) groups excluding carboxylic acids is 1. The molecule has 0 spiro atoms. The minimum atomic E-state index is -4.62. The second kappa shape index (κ2) is 9.85. The lowest BCUT2D eigenvalue weighted by molar-refractivity contribution is -0.142. The molecule has 0 saturated heterocycles. The van der Waals surface area contributed by atoms with Crippen LogP contribution in [0.3, 0.4) is 0 Å². The van der Waals surface area contributed by atoms with E-state index in [2.05, 4.69) is 4.98 Å². The van der Waals surface area contributed by atoms with Gasteiger partial charge in [0.25, 0.3) is 0 Å². The number of unbranched alkanes of at least 4 members (excludes halogenated alkanes) is 1. The van der Waals surface area contributed by atoms with Crippen molar-refractivity contribution in [2.24, 2.45) is 11.7 Å². The van der Waals surface area contributed by atoms with Crippen LogP contribution in [0, 0.1) is 5.92 Å². The third-order valence-corrected chi connectivity index (χ3v) is 6.18. The number of aliphatic hydroxyl groups is 1. The number of aliphatic hydroxyl groups excluding tert-OH is 1. The minimum absolute atomic E-state index is 0.170. The number of alkyl halides is 3. The molecule has 3 rings (SSSR count). The van der Waals surface area contributed by atoms with Gasteiger partial charge in [0.2, 0.25) is 5.91 Å². The monoisotopic (exact) mass is 437 g/mol. The minimum Gasteiger partial charge on any atom is -0.390 e. The molecule has 0 aliphatic heterocycles. The highest BCUT2D eigenvalue weighted by Crippen LogP contribution is 2.37. The van der Waals surface area contributed by atoms with Crippen molar-refractivity contribution in [1.29, 1.82) is 0 Å². The smallest absolute Gasteiger partial charge is 0.390 e. The number of imidazole rings is 1. The van der Waals surface area contributed by atoms with E-state index < -0.39 is 18.5 Å². The van der Waals surface area contributed by atoms with E-state index in [1.807, 2.05) is 31.2 Å². The van der Waals surface area contributed by atoms with E-state index in [-0.39, 0.29) is 30.0 Å². The summed E-state index contributed by atoms with van der Waals surface area (Å²) in [6.45, 7) is 1.39. The zero-order valence-corrected chi connectivity index (χ0v) is 17.8. The molecule has 1 fully saturated rings. The predicted molar refractivity (Wildman–Crippen MR) is 111 cm³/mol. The van der Waals surface area contributed by atoms with Gasteiger partial charge in [0.1, 0.15) is 5.82 Å². The summed E-state index contributed by atoms with van der Waals surface area (Å²) >= 11 is 0. The van der Waals surface area contributed by atoms with Gasteiger partial charge >= 0.3 is 6.18 Å². The van der Waals surface area contributed by atoms with E-state index in [0.29, 0.717) is 18.7 Å². The molecule has 1 amide bonds. The lowest BCUT2D eigenvalue weighted by Crippen LogP contribution is -2.26. The number of amides is 1. The Kier molecular flexibility index (Phi) is 7.41. The summed E-state index contributed by atoms with van der Waals surface area (Å²) in [5, 5.41) is 9.67. The fourth-order valence-corrected chi connectivity index (χ4v) is 4.61. The molecule has 2 aromatic rings. The number of aromatic nitrogens is 2. The maximum absolute atomic E-state index is 13.4. The van der Waals surface area contributed by atoms with Crippen LogP contribution in [0.15, 0.2) is 24.3 Å². The topological polar surface area (TPSA) is 81.1 Å². The van der Waals surface area contributed by atoms with E-state index >= 15 is 0 Å². The first-order chi connectivity index (χ1) is 14.8. The van der Waals surface area contributed by atoms with E-state index in [0.717, 1.165) is 43.2 Å². The number of rotatable bonds is 9. The fraction of sp³-hybridized carbons (Fsp3) is 0.565. The Morgan fingerprint density at radius 3 is 2.42 bits per heavy atom. The van der Waals surface area contributed by atoms with Crippen LogP contribution in [0.2, 0.25) is 0 Å². The van der Waals surface area contributed by atoms with Crippen molar-refractivity contribution < 1.29 is 23.1 Å². The first-order valence-electron chi connectivity index (χ1n) is 10.9. The molecule has 1 aromatic carbocycles. The van der Waals surface area contributed by atoms with Gasteiger partial charge in [-0.15, -0.1) is 0 Å². The van der Waals surface area contributed by atoms with Crippen molar-refractivity contribution in [1.82, 2.24) is 9.55 Å². The van der Waals surface area contributed by atoms with E-state index in [9.17, 15) is 23.1 Å². The molecule has 5 nitrogen and oxygen atoms in total. The van der Waals surface area contributed by atoms with Gasteiger partial charge in [0, 0.05) is 13.0 Å². The van der Waals surface area contributed by atoms with Gasteiger partial charge in [0.05, 0.1) is 18.2 Å². The lowest BCUT2D eigenvalue weighted by Gasteiger charge is -2.21. The Bertz CT molecular complexity index is 885. The highest BCUT2D eigenvalue weighted by molar-refractivity contribution is 5.82. The largest absolute Gasteiger partial charge is 0.435 e. The fourth-order valence-electron chi connectivity index (χ4n) is 4.61. The highest BCUT2D eigenvalue weighted by Gasteiger charge is 2.38. The molecule has 1 aliphatic rings. The summed E-state index contributed by atoms with van der Waals surface area (Å²) in [4.78, 5) is 15.9. The third-order valence-electron chi connectivity index (χ3n) is 6.18. The SMILES string of the molecule is CCCCc1nc(C(F)(F)F)c(CO)n1Cc1ccc(C(C(N)=O)C2CCCC2)cc1. The molecule has 1 aliphatic carbocycles. The van der Waals surface area contributed by atoms with Gasteiger partial charge in [-0.05, 0) is 36.3 Å². The second-order valence-corrected chi connectivity index (χ2v) is 8.34. The van der Waals surface area contributed by atoms with Crippen LogP contribution in [0.25, 0.3) is 0 Å². The number of hydrogen-bond donors (Lipinski definition) is 2. The van der Waals surface area contributed by atoms with Crippen molar-refractivity contribution in [3.8, 4) is 0 Å². The molecule has 1 saturated carbocycles. The van der Waals surface area contributed by atoms with Gasteiger partial charge in [-0.1, -0.05) is 50.5 Å².